The van der Waals surface area contributed by atoms with Gasteiger partial charge in [0.2, 0.25) is 5.91 Å². The Balaban J connectivity index is 2.20. The van der Waals surface area contributed by atoms with Crippen LogP contribution in [0.5, 0.6) is 0 Å². The van der Waals surface area contributed by atoms with Crippen molar-refractivity contribution in [3.8, 4) is 0 Å². The van der Waals surface area contributed by atoms with Crippen LogP contribution in [0.3, 0.4) is 0 Å². The van der Waals surface area contributed by atoms with Gasteiger partial charge in [-0.15, -0.1) is 0 Å². The monoisotopic (exact) mass is 523 g/mol. The smallest absolute Gasteiger partial charge is 0.408 e. The lowest BCUT2D eigenvalue weighted by molar-refractivity contribution is -0.150. The number of nitrogens with one attached hydrogen (secondary N) is 3. The van der Waals surface area contributed by atoms with Crippen LogP contribution in [0.25, 0.3) is 0 Å². The molecule has 0 heterocycles. The van der Waals surface area contributed by atoms with Gasteiger partial charge in [0.15, 0.2) is 6.10 Å². The number of carbonyl (C=O) groups is 3. The Morgan fingerprint density at radius 1 is 0.865 bits per heavy atom. The summed E-state index contributed by atoms with van der Waals surface area (Å²) in [5, 5.41) is 17.6. The minimum absolute atomic E-state index is 0.0579. The molecule has 1 unspecified atom stereocenters. The first-order valence-electron chi connectivity index (χ1n) is 11.6. The molecule has 3 amide bonds. The van der Waals surface area contributed by atoms with Crippen LogP contribution >= 0.6 is 0 Å². The third-order valence-electron chi connectivity index (χ3n) is 5.03. The van der Waals surface area contributed by atoms with Crippen molar-refractivity contribution in [3.05, 3.63) is 71.8 Å². The van der Waals surface area contributed by atoms with Gasteiger partial charge in [0.25, 0.3) is 5.91 Å². The van der Waals surface area contributed by atoms with E-state index in [1.165, 1.54) is 20.8 Å². The van der Waals surface area contributed by atoms with E-state index in [4.69, 9.17) is 4.74 Å². The summed E-state index contributed by atoms with van der Waals surface area (Å²) in [7, 11) is 0. The van der Waals surface area contributed by atoms with Crippen molar-refractivity contribution in [2.45, 2.75) is 70.1 Å². The number of aliphatic hydroxyl groups is 1. The summed E-state index contributed by atoms with van der Waals surface area (Å²) in [5.74, 6) is -2.04. The number of hydrogen-bond acceptors (Lipinski definition) is 5. The third kappa shape index (κ3) is 11.3. The first-order chi connectivity index (χ1) is 17.2. The molecular formula is C26H32F3N3O5. The maximum atomic E-state index is 13.2. The SMILES string of the molecule is CC(C)(C)OC(=O)N[C@@H](CC(F)(F)F)C(=O)NC(Cc1ccccc1)[C@H](O)C(=O)NCc1ccccc1. The molecule has 0 aliphatic carbocycles. The van der Waals surface area contributed by atoms with Crippen molar-refractivity contribution >= 4 is 17.9 Å². The van der Waals surface area contributed by atoms with E-state index in [2.05, 4.69) is 10.6 Å². The molecule has 2 aromatic carbocycles. The minimum Gasteiger partial charge on any atom is -0.444 e. The summed E-state index contributed by atoms with van der Waals surface area (Å²) >= 11 is 0. The molecule has 4 N–H and O–H groups in total. The van der Waals surface area contributed by atoms with E-state index in [1.807, 2.05) is 5.32 Å². The maximum absolute atomic E-state index is 13.2. The Kier molecular flexibility index (Phi) is 10.5. The highest BCUT2D eigenvalue weighted by Gasteiger charge is 2.39. The summed E-state index contributed by atoms with van der Waals surface area (Å²) in [4.78, 5) is 37.7. The summed E-state index contributed by atoms with van der Waals surface area (Å²) in [5.41, 5.74) is 0.375. The fourth-order valence-corrected chi connectivity index (χ4v) is 3.36. The quantitative estimate of drug-likeness (QED) is 0.382. The second kappa shape index (κ2) is 13.1. The molecular weight excluding hydrogens is 491 g/mol. The van der Waals surface area contributed by atoms with Crippen molar-refractivity contribution in [1.29, 1.82) is 0 Å². The Labute approximate surface area is 213 Å². The lowest BCUT2D eigenvalue weighted by Gasteiger charge is -2.28. The van der Waals surface area contributed by atoms with Crippen molar-refractivity contribution in [1.82, 2.24) is 16.0 Å². The molecule has 2 aromatic rings. The topological polar surface area (TPSA) is 117 Å². The second-order valence-electron chi connectivity index (χ2n) is 9.47. The zero-order valence-electron chi connectivity index (χ0n) is 20.8. The molecule has 0 fully saturated rings. The first-order valence-corrected chi connectivity index (χ1v) is 11.6. The van der Waals surface area contributed by atoms with E-state index in [9.17, 15) is 32.7 Å². The predicted molar refractivity (Wildman–Crippen MR) is 130 cm³/mol. The molecule has 0 bridgehead atoms. The Hall–Kier alpha value is -3.60. The normalized spacial score (nSPS) is 14.1. The number of halogens is 3. The van der Waals surface area contributed by atoms with Gasteiger partial charge in [-0.25, -0.2) is 4.79 Å². The fourth-order valence-electron chi connectivity index (χ4n) is 3.36. The van der Waals surface area contributed by atoms with Gasteiger partial charge in [-0.3, -0.25) is 9.59 Å². The number of hydrogen-bond donors (Lipinski definition) is 4. The lowest BCUT2D eigenvalue weighted by Crippen LogP contribution is -2.57. The van der Waals surface area contributed by atoms with Crippen LogP contribution in [0.4, 0.5) is 18.0 Å². The zero-order chi connectivity index (χ0) is 27.6. The van der Waals surface area contributed by atoms with E-state index < -0.39 is 54.3 Å². The molecule has 0 aromatic heterocycles. The van der Waals surface area contributed by atoms with E-state index in [-0.39, 0.29) is 13.0 Å². The number of carbonyl (C=O) groups excluding carboxylic acids is 3. The highest BCUT2D eigenvalue weighted by molar-refractivity contribution is 5.87. The van der Waals surface area contributed by atoms with Crippen LogP contribution in [0.2, 0.25) is 0 Å². The van der Waals surface area contributed by atoms with Crippen molar-refractivity contribution in [3.63, 3.8) is 0 Å². The van der Waals surface area contributed by atoms with Gasteiger partial charge in [-0.05, 0) is 38.3 Å². The predicted octanol–water partition coefficient (Wildman–Crippen LogP) is 3.24. The van der Waals surface area contributed by atoms with E-state index in [0.717, 1.165) is 5.56 Å². The van der Waals surface area contributed by atoms with Crippen LogP contribution in [0.15, 0.2) is 60.7 Å². The van der Waals surface area contributed by atoms with Crippen LogP contribution in [0.1, 0.15) is 38.3 Å². The highest BCUT2D eigenvalue weighted by Crippen LogP contribution is 2.22. The second-order valence-corrected chi connectivity index (χ2v) is 9.47. The molecule has 0 saturated heterocycles. The molecule has 0 aliphatic heterocycles. The Morgan fingerprint density at radius 3 is 1.92 bits per heavy atom. The summed E-state index contributed by atoms with van der Waals surface area (Å²) in [6.45, 7) is 4.66. The fraction of sp³-hybridized carbons (Fsp3) is 0.423. The Bertz CT molecular complexity index is 1030. The molecule has 8 nitrogen and oxygen atoms in total. The first kappa shape index (κ1) is 29.6. The van der Waals surface area contributed by atoms with Crippen LogP contribution < -0.4 is 16.0 Å². The van der Waals surface area contributed by atoms with Crippen molar-refractivity contribution < 1.29 is 37.4 Å². The summed E-state index contributed by atoms with van der Waals surface area (Å²) < 4.78 is 44.6. The van der Waals surface area contributed by atoms with Crippen LogP contribution in [-0.4, -0.2) is 53.0 Å². The average Bonchev–Trinajstić information content (AvgIpc) is 2.80. The number of amides is 3. The number of alkyl carbamates (subject to hydrolysis) is 1. The number of benzene rings is 2. The largest absolute Gasteiger partial charge is 0.444 e. The number of alkyl halides is 3. The molecule has 37 heavy (non-hydrogen) atoms. The maximum Gasteiger partial charge on any atom is 0.408 e. The van der Waals surface area contributed by atoms with Crippen molar-refractivity contribution in [2.75, 3.05) is 0 Å². The van der Waals surface area contributed by atoms with E-state index >= 15 is 0 Å². The van der Waals surface area contributed by atoms with E-state index in [1.54, 1.807) is 60.7 Å². The number of aliphatic hydroxyl groups excluding tert-OH is 1. The Morgan fingerprint density at radius 2 is 1.41 bits per heavy atom. The van der Waals surface area contributed by atoms with Gasteiger partial charge >= 0.3 is 12.3 Å². The molecule has 0 radical (unpaired) electrons. The average molecular weight is 524 g/mol. The molecule has 202 valence electrons. The molecule has 3 atom stereocenters. The van der Waals surface area contributed by atoms with Gasteiger partial charge in [0.1, 0.15) is 11.6 Å². The number of ether oxygens (including phenoxy) is 1. The molecule has 11 heteroatoms. The van der Waals surface area contributed by atoms with E-state index in [0.29, 0.717) is 5.56 Å². The molecule has 2 rings (SSSR count). The third-order valence-corrected chi connectivity index (χ3v) is 5.03. The molecule has 0 aliphatic rings. The molecule has 0 saturated carbocycles. The van der Waals surface area contributed by atoms with Crippen LogP contribution in [-0.2, 0) is 27.3 Å². The number of rotatable bonds is 10. The van der Waals surface area contributed by atoms with Gasteiger partial charge in [-0.2, -0.15) is 13.2 Å². The molecule has 0 spiro atoms. The zero-order valence-corrected chi connectivity index (χ0v) is 20.8. The van der Waals surface area contributed by atoms with Gasteiger partial charge in [-0.1, -0.05) is 60.7 Å². The van der Waals surface area contributed by atoms with Crippen LogP contribution in [0, 0.1) is 0 Å². The highest BCUT2D eigenvalue weighted by atomic mass is 19.4. The summed E-state index contributed by atoms with van der Waals surface area (Å²) in [6.07, 6.45) is -9.53. The van der Waals surface area contributed by atoms with Gasteiger partial charge in [0.05, 0.1) is 12.5 Å². The minimum atomic E-state index is -4.79. The van der Waals surface area contributed by atoms with Gasteiger partial charge in [0, 0.05) is 6.54 Å². The lowest BCUT2D eigenvalue weighted by atomic mass is 9.99. The van der Waals surface area contributed by atoms with Gasteiger partial charge < -0.3 is 25.8 Å². The van der Waals surface area contributed by atoms with Crippen molar-refractivity contribution in [2.24, 2.45) is 0 Å². The standard InChI is InChI=1S/C26H32F3N3O5/c1-25(2,3)37-24(36)32-20(15-26(27,28)29)22(34)31-19(14-17-10-6-4-7-11-17)21(33)23(35)30-16-18-12-8-5-9-13-18/h4-13,19-21,33H,14-16H2,1-3H3,(H,30,35)(H,31,34)(H,32,36)/t19?,20-,21-/m0/s1. The summed E-state index contributed by atoms with van der Waals surface area (Å²) in [6, 6.07) is 14.0.